The van der Waals surface area contributed by atoms with Gasteiger partial charge in [0.15, 0.2) is 5.78 Å². The molecule has 9 rings (SSSR count). The van der Waals surface area contributed by atoms with Crippen molar-refractivity contribution in [2.75, 3.05) is 4.90 Å². The molecular formula is C39H26N2O4. The molecule has 1 fully saturated rings. The van der Waals surface area contributed by atoms with Crippen LogP contribution in [0.1, 0.15) is 54.6 Å². The van der Waals surface area contributed by atoms with Gasteiger partial charge in [-0.1, -0.05) is 91.0 Å². The summed E-state index contributed by atoms with van der Waals surface area (Å²) in [5.74, 6) is -2.77. The second-order valence-electron chi connectivity index (χ2n) is 11.7. The molecule has 6 heteroatoms. The fraction of sp³-hybridized carbons (Fsp3) is 0.103. The zero-order valence-electron chi connectivity index (χ0n) is 24.0. The van der Waals surface area contributed by atoms with Crippen molar-refractivity contribution in [1.29, 1.82) is 0 Å². The molecule has 0 saturated carbocycles. The summed E-state index contributed by atoms with van der Waals surface area (Å²) in [7, 11) is 0. The Morgan fingerprint density at radius 2 is 1.27 bits per heavy atom. The van der Waals surface area contributed by atoms with Gasteiger partial charge in [0, 0.05) is 23.2 Å². The number of benzene rings is 4. The molecule has 1 aliphatic heterocycles. The fourth-order valence-corrected chi connectivity index (χ4v) is 7.69. The van der Waals surface area contributed by atoms with Crippen LogP contribution in [0.2, 0.25) is 0 Å². The van der Waals surface area contributed by atoms with Crippen LogP contribution in [-0.2, 0) is 15.0 Å². The highest BCUT2D eigenvalue weighted by atomic mass is 16.2. The third kappa shape index (κ3) is 3.85. The smallest absolute Gasteiger partial charge is 0.239 e. The van der Waals surface area contributed by atoms with Gasteiger partial charge in [0.05, 0.1) is 22.9 Å². The molecule has 2 amide bonds. The van der Waals surface area contributed by atoms with E-state index >= 15 is 0 Å². The molecule has 3 aliphatic carbocycles. The van der Waals surface area contributed by atoms with Crippen LogP contribution < -0.4 is 4.90 Å². The summed E-state index contributed by atoms with van der Waals surface area (Å²) in [6, 6.07) is 36.7. The molecule has 2 atom stereocenters. The molecule has 5 aromatic rings. The van der Waals surface area contributed by atoms with Crippen LogP contribution in [0.15, 0.2) is 140 Å². The van der Waals surface area contributed by atoms with E-state index < -0.39 is 17.3 Å². The van der Waals surface area contributed by atoms with Gasteiger partial charge in [-0.05, 0) is 64.7 Å². The Morgan fingerprint density at radius 3 is 1.91 bits per heavy atom. The zero-order chi connectivity index (χ0) is 30.7. The van der Waals surface area contributed by atoms with Crippen molar-refractivity contribution in [3.05, 3.63) is 179 Å². The maximum absolute atomic E-state index is 14.6. The normalized spacial score (nSPS) is 22.7. The lowest BCUT2D eigenvalue weighted by Gasteiger charge is -2.53. The number of rotatable bonds is 6. The lowest BCUT2D eigenvalue weighted by molar-refractivity contribution is -0.122. The monoisotopic (exact) mass is 586 g/mol. The SMILES string of the molecule is O=C(c1ccccc1)c1ccc(N2C(=O)C3C4c5ccccc5C(/C=C/C(=O)c5ccccn5)(c5ccccc54)C3C2=O)cc1. The van der Waals surface area contributed by atoms with Crippen LogP contribution in [-0.4, -0.2) is 28.4 Å². The lowest BCUT2D eigenvalue weighted by atomic mass is 9.47. The van der Waals surface area contributed by atoms with E-state index in [1.165, 1.54) is 11.0 Å². The van der Waals surface area contributed by atoms with E-state index in [1.54, 1.807) is 60.8 Å². The van der Waals surface area contributed by atoms with Crippen molar-refractivity contribution < 1.29 is 19.2 Å². The average molecular weight is 587 g/mol. The second kappa shape index (κ2) is 10.2. The van der Waals surface area contributed by atoms with Gasteiger partial charge in [-0.25, -0.2) is 4.90 Å². The third-order valence-corrected chi connectivity index (χ3v) is 9.52. The molecule has 0 spiro atoms. The number of allylic oxidation sites excluding steroid dienone is 2. The molecular weight excluding hydrogens is 560 g/mol. The topological polar surface area (TPSA) is 84.4 Å². The van der Waals surface area contributed by atoms with E-state index in [-0.39, 0.29) is 29.3 Å². The number of nitrogens with zero attached hydrogens (tertiary/aromatic N) is 2. The predicted molar refractivity (Wildman–Crippen MR) is 169 cm³/mol. The van der Waals surface area contributed by atoms with Gasteiger partial charge in [0.1, 0.15) is 5.69 Å². The number of imide groups is 1. The van der Waals surface area contributed by atoms with Crippen LogP contribution in [0.4, 0.5) is 5.69 Å². The molecule has 1 aromatic heterocycles. The van der Waals surface area contributed by atoms with Gasteiger partial charge in [0.2, 0.25) is 17.6 Å². The molecule has 4 aromatic carbocycles. The van der Waals surface area contributed by atoms with E-state index in [0.29, 0.717) is 22.5 Å². The Balaban J connectivity index is 1.26. The van der Waals surface area contributed by atoms with E-state index in [9.17, 15) is 19.2 Å². The molecule has 2 bridgehead atoms. The second-order valence-corrected chi connectivity index (χ2v) is 11.7. The molecule has 216 valence electrons. The maximum atomic E-state index is 14.6. The first-order chi connectivity index (χ1) is 22.0. The average Bonchev–Trinajstić information content (AvgIpc) is 3.38. The number of carbonyl (C=O) groups excluding carboxylic acids is 4. The van der Waals surface area contributed by atoms with Gasteiger partial charge in [0.25, 0.3) is 0 Å². The standard InChI is InChI=1S/C39H26N2O4/c42-32(31-16-8-9-23-40-31)21-22-39-29-14-6-4-12-27(29)33(28-13-5-7-15-30(28)39)34-35(39)38(45)41(37(34)44)26-19-17-25(18-20-26)36(43)24-10-2-1-3-11-24/h1-23,33-35H/b22-21+. The van der Waals surface area contributed by atoms with Crippen molar-refractivity contribution >= 4 is 29.1 Å². The predicted octanol–water partition coefficient (Wildman–Crippen LogP) is 6.30. The summed E-state index contributed by atoms with van der Waals surface area (Å²) >= 11 is 0. The first kappa shape index (κ1) is 26.8. The number of amides is 2. The Hall–Kier alpha value is -5.75. The van der Waals surface area contributed by atoms with Crippen LogP contribution in [0.5, 0.6) is 0 Å². The Morgan fingerprint density at radius 1 is 0.667 bits per heavy atom. The molecule has 6 nitrogen and oxygen atoms in total. The highest BCUT2D eigenvalue weighted by Gasteiger charge is 2.67. The van der Waals surface area contributed by atoms with Crippen molar-refractivity contribution in [3.8, 4) is 0 Å². The highest BCUT2D eigenvalue weighted by Crippen LogP contribution is 2.64. The van der Waals surface area contributed by atoms with E-state index in [0.717, 1.165) is 22.3 Å². The summed E-state index contributed by atoms with van der Waals surface area (Å²) in [6.07, 6.45) is 4.90. The Labute approximate surface area is 259 Å². The van der Waals surface area contributed by atoms with E-state index in [1.807, 2.05) is 72.8 Å². The van der Waals surface area contributed by atoms with Crippen molar-refractivity contribution in [3.63, 3.8) is 0 Å². The highest BCUT2D eigenvalue weighted by molar-refractivity contribution is 6.24. The van der Waals surface area contributed by atoms with E-state index in [2.05, 4.69) is 4.98 Å². The van der Waals surface area contributed by atoms with Crippen LogP contribution >= 0.6 is 0 Å². The van der Waals surface area contributed by atoms with Gasteiger partial charge < -0.3 is 0 Å². The largest absolute Gasteiger partial charge is 0.289 e. The minimum absolute atomic E-state index is 0.138. The summed E-state index contributed by atoms with van der Waals surface area (Å²) in [4.78, 5) is 61.0. The molecule has 2 heterocycles. The number of hydrogen-bond acceptors (Lipinski definition) is 5. The van der Waals surface area contributed by atoms with Gasteiger partial charge in [-0.3, -0.25) is 24.2 Å². The first-order valence-corrected chi connectivity index (χ1v) is 14.9. The molecule has 0 N–H and O–H groups in total. The minimum atomic E-state index is -1.05. The quantitative estimate of drug-likeness (QED) is 0.132. The van der Waals surface area contributed by atoms with Crippen LogP contribution in [0.25, 0.3) is 0 Å². The Bertz CT molecular complexity index is 2000. The lowest BCUT2D eigenvalue weighted by Crippen LogP contribution is -2.52. The van der Waals surface area contributed by atoms with Crippen LogP contribution in [0, 0.1) is 11.8 Å². The fourth-order valence-electron chi connectivity index (χ4n) is 7.69. The summed E-state index contributed by atoms with van der Waals surface area (Å²) in [5.41, 5.74) is 4.51. The minimum Gasteiger partial charge on any atom is -0.289 e. The Kier molecular flexibility index (Phi) is 6.07. The molecule has 45 heavy (non-hydrogen) atoms. The molecule has 0 radical (unpaired) electrons. The molecule has 2 unspecified atom stereocenters. The van der Waals surface area contributed by atoms with Crippen molar-refractivity contribution in [1.82, 2.24) is 4.98 Å². The summed E-state index contributed by atoms with van der Waals surface area (Å²) in [5, 5.41) is 0. The number of hydrogen-bond donors (Lipinski definition) is 0. The summed E-state index contributed by atoms with van der Waals surface area (Å²) in [6.45, 7) is 0. The first-order valence-electron chi connectivity index (χ1n) is 14.9. The number of ketones is 2. The van der Waals surface area contributed by atoms with Gasteiger partial charge >= 0.3 is 0 Å². The summed E-state index contributed by atoms with van der Waals surface area (Å²) < 4.78 is 0. The van der Waals surface area contributed by atoms with Crippen LogP contribution in [0.3, 0.4) is 0 Å². The van der Waals surface area contributed by atoms with Crippen molar-refractivity contribution in [2.24, 2.45) is 11.8 Å². The van der Waals surface area contributed by atoms with Gasteiger partial charge in [-0.2, -0.15) is 0 Å². The van der Waals surface area contributed by atoms with Crippen molar-refractivity contribution in [2.45, 2.75) is 11.3 Å². The maximum Gasteiger partial charge on any atom is 0.239 e. The van der Waals surface area contributed by atoms with Gasteiger partial charge in [-0.15, -0.1) is 0 Å². The van der Waals surface area contributed by atoms with E-state index in [4.69, 9.17) is 0 Å². The number of carbonyl (C=O) groups is 4. The zero-order valence-corrected chi connectivity index (χ0v) is 24.0. The number of pyridine rings is 1. The molecule has 1 saturated heterocycles. The molecule has 4 aliphatic rings. The number of anilines is 1. The third-order valence-electron chi connectivity index (χ3n) is 9.52. The number of aromatic nitrogens is 1.